The first-order valence-corrected chi connectivity index (χ1v) is 17.9. The highest BCUT2D eigenvalue weighted by Gasteiger charge is 2.36. The van der Waals surface area contributed by atoms with Crippen molar-refractivity contribution in [3.63, 3.8) is 0 Å². The molecule has 14 heteroatoms. The van der Waals surface area contributed by atoms with E-state index >= 15 is 0 Å². The molecule has 5 amide bonds. The van der Waals surface area contributed by atoms with E-state index in [0.717, 1.165) is 44.1 Å². The zero-order valence-electron chi connectivity index (χ0n) is 29.4. The summed E-state index contributed by atoms with van der Waals surface area (Å²) in [6, 6.07) is 5.67. The van der Waals surface area contributed by atoms with Crippen LogP contribution in [0.2, 0.25) is 0 Å². The zero-order chi connectivity index (χ0) is 35.6. The van der Waals surface area contributed by atoms with Gasteiger partial charge in [0.1, 0.15) is 23.5 Å². The number of ether oxygens (including phenoxy) is 3. The minimum absolute atomic E-state index is 0.0124. The van der Waals surface area contributed by atoms with E-state index in [9.17, 15) is 24.0 Å². The summed E-state index contributed by atoms with van der Waals surface area (Å²) in [4.78, 5) is 75.3. The molecular weight excluding hydrogens is 644 g/mol. The number of benzene rings is 1. The fourth-order valence-corrected chi connectivity index (χ4v) is 6.32. The Balaban J connectivity index is 1.25. The molecule has 3 fully saturated rings. The number of hydrogen-bond acceptors (Lipinski definition) is 9. The number of hydrogen-bond donors (Lipinski definition) is 2. The van der Waals surface area contributed by atoms with E-state index in [-0.39, 0.29) is 48.4 Å². The minimum Gasteiger partial charge on any atom is -0.483 e. The molecule has 2 aliphatic heterocycles. The number of nitrogens with one attached hydrogen (secondary N) is 2. The van der Waals surface area contributed by atoms with E-state index in [1.807, 2.05) is 32.0 Å². The minimum atomic E-state index is -0.996. The lowest BCUT2D eigenvalue weighted by Gasteiger charge is -2.36. The van der Waals surface area contributed by atoms with Gasteiger partial charge in [-0.25, -0.2) is 9.78 Å². The van der Waals surface area contributed by atoms with E-state index in [0.29, 0.717) is 63.3 Å². The smallest absolute Gasteiger partial charge is 0.409 e. The second-order valence-electron chi connectivity index (χ2n) is 13.2. The molecule has 14 nitrogen and oxygen atoms in total. The predicted octanol–water partition coefficient (Wildman–Crippen LogP) is 2.80. The monoisotopic (exact) mass is 694 g/mol. The van der Waals surface area contributed by atoms with Crippen LogP contribution in [0.4, 0.5) is 4.79 Å². The van der Waals surface area contributed by atoms with Crippen molar-refractivity contribution in [2.45, 2.75) is 83.8 Å². The average molecular weight is 695 g/mol. The van der Waals surface area contributed by atoms with E-state index in [1.54, 1.807) is 21.6 Å². The number of aryl methyl sites for hydroxylation is 1. The number of pyridine rings is 1. The van der Waals surface area contributed by atoms with Gasteiger partial charge >= 0.3 is 6.09 Å². The van der Waals surface area contributed by atoms with Crippen LogP contribution < -0.4 is 15.4 Å². The average Bonchev–Trinajstić information content (AvgIpc) is 3.60. The van der Waals surface area contributed by atoms with E-state index < -0.39 is 24.1 Å². The third-order valence-corrected chi connectivity index (χ3v) is 9.50. The van der Waals surface area contributed by atoms with Crippen molar-refractivity contribution in [1.82, 2.24) is 30.3 Å². The molecule has 2 N–H and O–H groups in total. The van der Waals surface area contributed by atoms with E-state index in [2.05, 4.69) is 15.6 Å². The third-order valence-electron chi connectivity index (χ3n) is 9.50. The molecule has 2 atom stereocenters. The molecule has 1 saturated carbocycles. The maximum Gasteiger partial charge on any atom is 0.409 e. The topological polar surface area (TPSA) is 160 Å². The predicted molar refractivity (Wildman–Crippen MR) is 185 cm³/mol. The lowest BCUT2D eigenvalue weighted by atomic mass is 9.93. The lowest BCUT2D eigenvalue weighted by Crippen LogP contribution is -2.57. The van der Waals surface area contributed by atoms with Gasteiger partial charge in [-0.15, -0.1) is 0 Å². The van der Waals surface area contributed by atoms with Crippen molar-refractivity contribution in [2.24, 2.45) is 0 Å². The van der Waals surface area contributed by atoms with Crippen LogP contribution in [0.25, 0.3) is 10.9 Å². The Morgan fingerprint density at radius 2 is 1.72 bits per heavy atom. The SMILES string of the molecule is CCCCOC(=O)N1CCN(C(=O)C(COCC)NC(=O)c2cc(OCC(=O)N3CCCC3C(=O)NC3CCC3)c3ccc(C)cc3n2)CC1. The highest BCUT2D eigenvalue weighted by Crippen LogP contribution is 2.28. The number of amides is 5. The van der Waals surface area contributed by atoms with Gasteiger partial charge in [0.15, 0.2) is 6.61 Å². The highest BCUT2D eigenvalue weighted by molar-refractivity contribution is 5.99. The van der Waals surface area contributed by atoms with Crippen molar-refractivity contribution in [3.8, 4) is 5.75 Å². The standard InChI is InChI=1S/C36H50N6O8/c1-4-6-19-49-36(47)41-17-15-40(16-18-41)35(46)29(22-48-5-2)39-33(44)28-21-31(26-13-12-24(3)20-27(26)38-28)50-23-32(43)42-14-8-11-30(42)34(45)37-25-9-7-10-25/h12-13,20-21,25,29-30H,4-11,14-19,22-23H2,1-3H3,(H,37,45)(H,39,44). The molecule has 50 heavy (non-hydrogen) atoms. The second-order valence-corrected chi connectivity index (χ2v) is 13.2. The molecule has 1 aliphatic carbocycles. The second kappa shape index (κ2) is 17.5. The van der Waals surface area contributed by atoms with Crippen molar-refractivity contribution in [2.75, 3.05) is 59.2 Å². The molecule has 272 valence electrons. The fraction of sp³-hybridized carbons (Fsp3) is 0.611. The molecule has 3 aliphatic rings. The molecule has 0 radical (unpaired) electrons. The lowest BCUT2D eigenvalue weighted by molar-refractivity contribution is -0.140. The van der Waals surface area contributed by atoms with Crippen LogP contribution in [0.15, 0.2) is 24.3 Å². The van der Waals surface area contributed by atoms with Gasteiger partial charge in [-0.2, -0.15) is 0 Å². The van der Waals surface area contributed by atoms with Crippen LogP contribution in [0.5, 0.6) is 5.75 Å². The van der Waals surface area contributed by atoms with E-state index in [4.69, 9.17) is 14.2 Å². The van der Waals surface area contributed by atoms with Gasteiger partial charge in [0.2, 0.25) is 11.8 Å². The first-order valence-electron chi connectivity index (χ1n) is 17.9. The Bertz CT molecular complexity index is 1540. The van der Waals surface area contributed by atoms with Crippen molar-refractivity contribution in [3.05, 3.63) is 35.5 Å². The quantitative estimate of drug-likeness (QED) is 0.284. The number of likely N-dealkylation sites (tertiary alicyclic amines) is 1. The number of carbonyl (C=O) groups is 5. The Hall–Kier alpha value is -4.46. The number of rotatable bonds is 14. The molecule has 2 saturated heterocycles. The number of fused-ring (bicyclic) bond motifs is 1. The number of nitrogens with zero attached hydrogens (tertiary/aromatic N) is 4. The van der Waals surface area contributed by atoms with Gasteiger partial charge in [0, 0.05) is 56.8 Å². The van der Waals surface area contributed by atoms with E-state index in [1.165, 1.54) is 6.07 Å². The molecule has 2 aromatic rings. The summed E-state index contributed by atoms with van der Waals surface area (Å²) in [6.07, 6.45) is 5.70. The molecule has 5 rings (SSSR count). The Morgan fingerprint density at radius 3 is 2.42 bits per heavy atom. The van der Waals surface area contributed by atoms with Gasteiger partial charge in [-0.3, -0.25) is 19.2 Å². The van der Waals surface area contributed by atoms with Crippen molar-refractivity contribution < 1.29 is 38.2 Å². The van der Waals surface area contributed by atoms with Crippen LogP contribution in [-0.4, -0.2) is 127 Å². The van der Waals surface area contributed by atoms with Crippen LogP contribution >= 0.6 is 0 Å². The summed E-state index contributed by atoms with van der Waals surface area (Å²) in [5.41, 5.74) is 1.42. The third kappa shape index (κ3) is 9.20. The Morgan fingerprint density at radius 1 is 0.960 bits per heavy atom. The molecule has 0 bridgehead atoms. The summed E-state index contributed by atoms with van der Waals surface area (Å²) in [5.74, 6) is -1.07. The summed E-state index contributed by atoms with van der Waals surface area (Å²) in [7, 11) is 0. The van der Waals surface area contributed by atoms with Crippen LogP contribution in [0.3, 0.4) is 0 Å². The van der Waals surface area contributed by atoms with Crippen LogP contribution in [0.1, 0.15) is 74.8 Å². The number of unbranched alkanes of at least 4 members (excludes halogenated alkanes) is 1. The summed E-state index contributed by atoms with van der Waals surface area (Å²) in [6.45, 7) is 7.77. The van der Waals surface area contributed by atoms with Gasteiger partial charge in [0.25, 0.3) is 11.8 Å². The molecule has 1 aromatic carbocycles. The van der Waals surface area contributed by atoms with Gasteiger partial charge in [0.05, 0.1) is 18.7 Å². The van der Waals surface area contributed by atoms with Crippen molar-refractivity contribution >= 4 is 40.6 Å². The number of piperazine rings is 1. The fourth-order valence-electron chi connectivity index (χ4n) is 6.32. The van der Waals surface area contributed by atoms with Gasteiger partial charge < -0.3 is 39.5 Å². The molecule has 2 unspecified atom stereocenters. The molecule has 1 aromatic heterocycles. The molecule has 0 spiro atoms. The van der Waals surface area contributed by atoms with Crippen LogP contribution in [0, 0.1) is 6.92 Å². The summed E-state index contributed by atoms with van der Waals surface area (Å²) >= 11 is 0. The first-order chi connectivity index (χ1) is 24.2. The Labute approximate surface area is 293 Å². The highest BCUT2D eigenvalue weighted by atomic mass is 16.6. The summed E-state index contributed by atoms with van der Waals surface area (Å²) < 4.78 is 16.9. The van der Waals surface area contributed by atoms with Crippen LogP contribution in [-0.2, 0) is 23.9 Å². The maximum atomic E-state index is 13.7. The number of carbonyl (C=O) groups excluding carboxylic acids is 5. The largest absolute Gasteiger partial charge is 0.483 e. The molecular formula is C36H50N6O8. The number of aromatic nitrogens is 1. The summed E-state index contributed by atoms with van der Waals surface area (Å²) in [5, 5.41) is 6.47. The van der Waals surface area contributed by atoms with Gasteiger partial charge in [-0.05, 0) is 70.1 Å². The molecule has 3 heterocycles. The zero-order valence-corrected chi connectivity index (χ0v) is 29.4. The Kier molecular flexibility index (Phi) is 12.9. The first kappa shape index (κ1) is 36.8. The maximum absolute atomic E-state index is 13.7. The van der Waals surface area contributed by atoms with Gasteiger partial charge in [-0.1, -0.05) is 19.4 Å². The normalized spacial score (nSPS) is 18.4. The van der Waals surface area contributed by atoms with Crippen molar-refractivity contribution in [1.29, 1.82) is 0 Å².